The Hall–Kier alpha value is -2.02. The minimum atomic E-state index is -0.315. The molecular formula is C13H15FN2O. The molecule has 0 aromatic heterocycles. The van der Waals surface area contributed by atoms with Gasteiger partial charge in [0, 0.05) is 12.2 Å². The van der Waals surface area contributed by atoms with Gasteiger partial charge in [-0.25, -0.2) is 4.39 Å². The van der Waals surface area contributed by atoms with E-state index in [0.717, 1.165) is 0 Å². The van der Waals surface area contributed by atoms with E-state index in [4.69, 9.17) is 6.42 Å². The first-order valence-corrected chi connectivity index (χ1v) is 5.38. The van der Waals surface area contributed by atoms with Gasteiger partial charge in [-0.05, 0) is 25.1 Å². The van der Waals surface area contributed by atoms with Crippen molar-refractivity contribution < 1.29 is 9.18 Å². The molecule has 17 heavy (non-hydrogen) atoms. The molecule has 0 spiro atoms. The normalized spacial score (nSPS) is 9.47. The second kappa shape index (κ2) is 6.54. The van der Waals surface area contributed by atoms with Crippen molar-refractivity contribution in [1.82, 2.24) is 5.32 Å². The first kappa shape index (κ1) is 13.0. The smallest absolute Gasteiger partial charge is 0.240 e. The number of rotatable bonds is 5. The fourth-order valence-corrected chi connectivity index (χ4v) is 1.44. The highest BCUT2D eigenvalue weighted by molar-refractivity contribution is 5.81. The second-order valence-electron chi connectivity index (χ2n) is 3.47. The Kier molecular flexibility index (Phi) is 5.02. The summed E-state index contributed by atoms with van der Waals surface area (Å²) in [5.41, 5.74) is 0.684. The van der Waals surface area contributed by atoms with Crippen LogP contribution in [0.1, 0.15) is 6.92 Å². The van der Waals surface area contributed by atoms with E-state index in [1.54, 1.807) is 17.0 Å². The number of halogens is 1. The van der Waals surface area contributed by atoms with E-state index in [9.17, 15) is 9.18 Å². The summed E-state index contributed by atoms with van der Waals surface area (Å²) in [6.45, 7) is 2.90. The Balaban J connectivity index is 2.66. The Bertz CT molecular complexity index is 426. The van der Waals surface area contributed by atoms with E-state index in [1.165, 1.54) is 12.1 Å². The summed E-state index contributed by atoms with van der Waals surface area (Å²) < 4.78 is 13.1. The van der Waals surface area contributed by atoms with Crippen molar-refractivity contribution in [3.63, 3.8) is 0 Å². The molecule has 90 valence electrons. The monoisotopic (exact) mass is 234 g/mol. The molecule has 0 aliphatic heterocycles. The standard InChI is InChI=1S/C13H15FN2O/c1-3-8-15-13(17)10-16(4-2)12-7-5-6-11(14)9-12/h1,5-7,9H,4,8,10H2,2H3,(H,15,17). The molecule has 1 aromatic rings. The molecule has 0 heterocycles. The Morgan fingerprint density at radius 2 is 2.35 bits per heavy atom. The highest BCUT2D eigenvalue weighted by atomic mass is 19.1. The molecule has 1 N–H and O–H groups in total. The molecule has 0 aliphatic rings. The molecule has 0 saturated heterocycles. The molecule has 3 nitrogen and oxygen atoms in total. The molecule has 0 aliphatic carbocycles. The summed E-state index contributed by atoms with van der Waals surface area (Å²) in [6, 6.07) is 6.15. The van der Waals surface area contributed by atoms with E-state index in [2.05, 4.69) is 11.2 Å². The number of terminal acetylenes is 1. The highest BCUT2D eigenvalue weighted by Gasteiger charge is 2.09. The van der Waals surface area contributed by atoms with Crippen molar-refractivity contribution in [2.45, 2.75) is 6.92 Å². The van der Waals surface area contributed by atoms with Gasteiger partial charge in [0.15, 0.2) is 0 Å². The maximum atomic E-state index is 13.1. The number of hydrogen-bond acceptors (Lipinski definition) is 2. The Morgan fingerprint density at radius 1 is 1.59 bits per heavy atom. The van der Waals surface area contributed by atoms with Crippen molar-refractivity contribution in [3.05, 3.63) is 30.1 Å². The zero-order valence-electron chi connectivity index (χ0n) is 9.74. The molecule has 1 aromatic carbocycles. The SMILES string of the molecule is C#CCNC(=O)CN(CC)c1cccc(F)c1. The average Bonchev–Trinajstić information content (AvgIpc) is 2.33. The van der Waals surface area contributed by atoms with E-state index >= 15 is 0 Å². The minimum Gasteiger partial charge on any atom is -0.362 e. The summed E-state index contributed by atoms with van der Waals surface area (Å²) in [4.78, 5) is 13.3. The van der Waals surface area contributed by atoms with Gasteiger partial charge in [0.1, 0.15) is 5.82 Å². The van der Waals surface area contributed by atoms with Crippen LogP contribution in [-0.2, 0) is 4.79 Å². The number of nitrogens with zero attached hydrogens (tertiary/aromatic N) is 1. The topological polar surface area (TPSA) is 32.3 Å². The largest absolute Gasteiger partial charge is 0.362 e. The molecule has 4 heteroatoms. The summed E-state index contributed by atoms with van der Waals surface area (Å²) in [7, 11) is 0. The third-order valence-corrected chi connectivity index (χ3v) is 2.28. The summed E-state index contributed by atoms with van der Waals surface area (Å²) in [5, 5.41) is 2.57. The lowest BCUT2D eigenvalue weighted by molar-refractivity contribution is -0.119. The van der Waals surface area contributed by atoms with E-state index < -0.39 is 0 Å². The first-order chi connectivity index (χ1) is 8.17. The van der Waals surface area contributed by atoms with Crippen LogP contribution in [0.25, 0.3) is 0 Å². The lowest BCUT2D eigenvalue weighted by Crippen LogP contribution is -2.37. The van der Waals surface area contributed by atoms with Crippen LogP contribution in [0.2, 0.25) is 0 Å². The number of anilines is 1. The van der Waals surface area contributed by atoms with Crippen molar-refractivity contribution in [2.75, 3.05) is 24.5 Å². The predicted molar refractivity (Wildman–Crippen MR) is 66.1 cm³/mol. The van der Waals surface area contributed by atoms with Gasteiger partial charge in [-0.15, -0.1) is 6.42 Å². The van der Waals surface area contributed by atoms with Crippen LogP contribution in [0.15, 0.2) is 24.3 Å². The van der Waals surface area contributed by atoms with Gasteiger partial charge < -0.3 is 10.2 Å². The van der Waals surface area contributed by atoms with Gasteiger partial charge in [-0.3, -0.25) is 4.79 Å². The minimum absolute atomic E-state index is 0.168. The average molecular weight is 234 g/mol. The third kappa shape index (κ3) is 4.15. The number of amides is 1. The molecule has 0 bridgehead atoms. The van der Waals surface area contributed by atoms with Gasteiger partial charge >= 0.3 is 0 Å². The van der Waals surface area contributed by atoms with Crippen LogP contribution in [0.4, 0.5) is 10.1 Å². The zero-order valence-corrected chi connectivity index (χ0v) is 9.74. The lowest BCUT2D eigenvalue weighted by Gasteiger charge is -2.22. The number of benzene rings is 1. The van der Waals surface area contributed by atoms with E-state index in [-0.39, 0.29) is 24.8 Å². The van der Waals surface area contributed by atoms with E-state index in [0.29, 0.717) is 12.2 Å². The van der Waals surface area contributed by atoms with Crippen molar-refractivity contribution >= 4 is 11.6 Å². The zero-order chi connectivity index (χ0) is 12.7. The lowest BCUT2D eigenvalue weighted by atomic mass is 10.2. The molecular weight excluding hydrogens is 219 g/mol. The van der Waals surface area contributed by atoms with Gasteiger partial charge in [0.05, 0.1) is 13.1 Å². The molecule has 0 atom stereocenters. The molecule has 0 saturated carbocycles. The Morgan fingerprint density at radius 3 is 2.94 bits per heavy atom. The van der Waals surface area contributed by atoms with Crippen LogP contribution < -0.4 is 10.2 Å². The van der Waals surface area contributed by atoms with Crippen molar-refractivity contribution in [1.29, 1.82) is 0 Å². The fraction of sp³-hybridized carbons (Fsp3) is 0.308. The molecule has 1 rings (SSSR count). The molecule has 0 radical (unpaired) electrons. The summed E-state index contributed by atoms with van der Waals surface area (Å²) >= 11 is 0. The number of nitrogens with one attached hydrogen (secondary N) is 1. The number of carbonyl (C=O) groups excluding carboxylic acids is 1. The fourth-order valence-electron chi connectivity index (χ4n) is 1.44. The predicted octanol–water partition coefficient (Wildman–Crippen LogP) is 1.40. The van der Waals surface area contributed by atoms with Gasteiger partial charge in [0.2, 0.25) is 5.91 Å². The van der Waals surface area contributed by atoms with Crippen LogP contribution in [-0.4, -0.2) is 25.5 Å². The highest BCUT2D eigenvalue weighted by Crippen LogP contribution is 2.14. The van der Waals surface area contributed by atoms with Crippen LogP contribution in [0.3, 0.4) is 0 Å². The maximum absolute atomic E-state index is 13.1. The van der Waals surface area contributed by atoms with Crippen LogP contribution in [0.5, 0.6) is 0 Å². The summed E-state index contributed by atoms with van der Waals surface area (Å²) in [6.07, 6.45) is 5.04. The van der Waals surface area contributed by atoms with Crippen LogP contribution in [0, 0.1) is 18.2 Å². The van der Waals surface area contributed by atoms with Crippen molar-refractivity contribution in [2.24, 2.45) is 0 Å². The maximum Gasteiger partial charge on any atom is 0.240 e. The van der Waals surface area contributed by atoms with Gasteiger partial charge in [-0.2, -0.15) is 0 Å². The second-order valence-corrected chi connectivity index (χ2v) is 3.47. The quantitative estimate of drug-likeness (QED) is 0.781. The summed E-state index contributed by atoms with van der Waals surface area (Å²) in [5.74, 6) is 1.84. The molecule has 1 amide bonds. The number of hydrogen-bond donors (Lipinski definition) is 1. The molecule has 0 fully saturated rings. The molecule has 0 unspecified atom stereocenters. The Labute approximate surface area is 101 Å². The van der Waals surface area contributed by atoms with Gasteiger partial charge in [0.25, 0.3) is 0 Å². The van der Waals surface area contributed by atoms with Gasteiger partial charge in [-0.1, -0.05) is 12.0 Å². The number of likely N-dealkylation sites (N-methyl/N-ethyl adjacent to an activating group) is 1. The number of carbonyl (C=O) groups is 1. The third-order valence-electron chi connectivity index (χ3n) is 2.28. The van der Waals surface area contributed by atoms with E-state index in [1.807, 2.05) is 6.92 Å². The van der Waals surface area contributed by atoms with Crippen molar-refractivity contribution in [3.8, 4) is 12.3 Å². The van der Waals surface area contributed by atoms with Crippen LogP contribution >= 0.6 is 0 Å². The first-order valence-electron chi connectivity index (χ1n) is 5.38.